The molecule has 3 rings (SSSR count). The van der Waals surface area contributed by atoms with Gasteiger partial charge in [-0.1, -0.05) is 28.1 Å². The van der Waals surface area contributed by atoms with Crippen LogP contribution in [0.5, 0.6) is 11.5 Å². The molecule has 5 nitrogen and oxygen atoms in total. The summed E-state index contributed by atoms with van der Waals surface area (Å²) in [5.74, 6) is 0.382. The van der Waals surface area contributed by atoms with Gasteiger partial charge in [-0.3, -0.25) is 4.79 Å². The SMILES string of the molecule is COc1ccc(-n2c(CC(=O)O)ccc2-c2ccc(Br)cc2)c(OC)c1. The second-order valence-corrected chi connectivity index (χ2v) is 6.58. The highest BCUT2D eigenvalue weighted by Crippen LogP contribution is 2.34. The number of aliphatic carboxylic acids is 1. The van der Waals surface area contributed by atoms with Crippen molar-refractivity contribution in [2.45, 2.75) is 6.42 Å². The Balaban J connectivity index is 2.22. The summed E-state index contributed by atoms with van der Waals surface area (Å²) in [7, 11) is 3.17. The third kappa shape index (κ3) is 3.60. The second-order valence-electron chi connectivity index (χ2n) is 5.66. The normalized spacial score (nSPS) is 10.6. The molecule has 3 aromatic rings. The molecule has 6 heteroatoms. The molecule has 0 aliphatic heterocycles. The van der Waals surface area contributed by atoms with Crippen LogP contribution in [0.4, 0.5) is 0 Å². The first-order chi connectivity index (χ1) is 12.5. The zero-order chi connectivity index (χ0) is 18.7. The van der Waals surface area contributed by atoms with E-state index in [2.05, 4.69) is 15.9 Å². The van der Waals surface area contributed by atoms with Crippen molar-refractivity contribution in [3.05, 3.63) is 64.8 Å². The van der Waals surface area contributed by atoms with Crippen LogP contribution < -0.4 is 9.47 Å². The molecule has 0 aliphatic rings. The van der Waals surface area contributed by atoms with Gasteiger partial charge in [-0.2, -0.15) is 0 Å². The molecule has 26 heavy (non-hydrogen) atoms. The lowest BCUT2D eigenvalue weighted by Crippen LogP contribution is -2.09. The molecule has 0 saturated heterocycles. The Bertz CT molecular complexity index is 931. The van der Waals surface area contributed by atoms with Crippen molar-refractivity contribution in [2.75, 3.05) is 14.2 Å². The van der Waals surface area contributed by atoms with Crippen LogP contribution in [0.3, 0.4) is 0 Å². The second kappa shape index (κ2) is 7.66. The van der Waals surface area contributed by atoms with Gasteiger partial charge in [0.2, 0.25) is 0 Å². The first kappa shape index (κ1) is 18.1. The lowest BCUT2D eigenvalue weighted by molar-refractivity contribution is -0.136. The van der Waals surface area contributed by atoms with Crippen LogP contribution in [-0.4, -0.2) is 29.9 Å². The molecule has 1 heterocycles. The van der Waals surface area contributed by atoms with Crippen molar-refractivity contribution in [3.63, 3.8) is 0 Å². The maximum Gasteiger partial charge on any atom is 0.309 e. The van der Waals surface area contributed by atoms with Gasteiger partial charge < -0.3 is 19.1 Å². The van der Waals surface area contributed by atoms with E-state index in [0.717, 1.165) is 21.4 Å². The van der Waals surface area contributed by atoms with E-state index in [0.29, 0.717) is 17.2 Å². The summed E-state index contributed by atoms with van der Waals surface area (Å²) < 4.78 is 13.7. The average Bonchev–Trinajstić information content (AvgIpc) is 3.04. The minimum absolute atomic E-state index is 0.0916. The summed E-state index contributed by atoms with van der Waals surface area (Å²) in [6.45, 7) is 0. The Morgan fingerprint density at radius 1 is 1.04 bits per heavy atom. The van der Waals surface area contributed by atoms with Crippen molar-refractivity contribution in [3.8, 4) is 28.4 Å². The van der Waals surface area contributed by atoms with Crippen molar-refractivity contribution >= 4 is 21.9 Å². The quantitative estimate of drug-likeness (QED) is 0.641. The van der Waals surface area contributed by atoms with Crippen LogP contribution >= 0.6 is 15.9 Å². The van der Waals surface area contributed by atoms with Crippen LogP contribution in [0.1, 0.15) is 5.69 Å². The van der Waals surface area contributed by atoms with Gasteiger partial charge in [0.25, 0.3) is 0 Å². The molecule has 0 unspecified atom stereocenters. The molecule has 0 bridgehead atoms. The van der Waals surface area contributed by atoms with Crippen LogP contribution in [0.15, 0.2) is 59.1 Å². The smallest absolute Gasteiger partial charge is 0.309 e. The fourth-order valence-corrected chi connectivity index (χ4v) is 3.14. The fourth-order valence-electron chi connectivity index (χ4n) is 2.87. The van der Waals surface area contributed by atoms with E-state index in [9.17, 15) is 9.90 Å². The van der Waals surface area contributed by atoms with Gasteiger partial charge >= 0.3 is 5.97 Å². The zero-order valence-electron chi connectivity index (χ0n) is 14.4. The molecular weight excluding hydrogens is 398 g/mol. The number of aromatic nitrogens is 1. The molecule has 0 radical (unpaired) electrons. The Morgan fingerprint density at radius 2 is 1.77 bits per heavy atom. The van der Waals surface area contributed by atoms with Crippen molar-refractivity contribution in [1.29, 1.82) is 0 Å². The standard InChI is InChI=1S/C20H18BrNO4/c1-25-16-8-10-18(19(12-16)26-2)22-15(11-20(23)24)7-9-17(22)13-3-5-14(21)6-4-13/h3-10,12H,11H2,1-2H3,(H,23,24). The Morgan fingerprint density at radius 3 is 2.38 bits per heavy atom. The number of benzene rings is 2. The topological polar surface area (TPSA) is 60.7 Å². The van der Waals surface area contributed by atoms with E-state index in [1.807, 2.05) is 53.1 Å². The number of ether oxygens (including phenoxy) is 2. The third-order valence-electron chi connectivity index (χ3n) is 4.06. The van der Waals surface area contributed by atoms with E-state index in [1.54, 1.807) is 20.3 Å². The van der Waals surface area contributed by atoms with Crippen molar-refractivity contribution in [2.24, 2.45) is 0 Å². The average molecular weight is 416 g/mol. The predicted octanol–water partition coefficient (Wildman–Crippen LogP) is 4.55. The van der Waals surface area contributed by atoms with Gasteiger partial charge in [0.15, 0.2) is 0 Å². The number of nitrogens with zero attached hydrogens (tertiary/aromatic N) is 1. The number of carboxylic acids is 1. The maximum atomic E-state index is 11.3. The van der Waals surface area contributed by atoms with Gasteiger partial charge in [-0.15, -0.1) is 0 Å². The number of halogens is 1. The Kier molecular flexibility index (Phi) is 5.32. The van der Waals surface area contributed by atoms with E-state index < -0.39 is 5.97 Å². The molecule has 0 amide bonds. The van der Waals surface area contributed by atoms with Crippen LogP contribution in [-0.2, 0) is 11.2 Å². The maximum absolute atomic E-state index is 11.3. The number of carbonyl (C=O) groups is 1. The largest absolute Gasteiger partial charge is 0.497 e. The van der Waals surface area contributed by atoms with E-state index in [1.165, 1.54) is 0 Å². The molecule has 0 fully saturated rings. The Hall–Kier alpha value is -2.73. The molecule has 0 atom stereocenters. The predicted molar refractivity (Wildman–Crippen MR) is 103 cm³/mol. The summed E-state index contributed by atoms with van der Waals surface area (Å²) in [5.41, 5.74) is 3.28. The minimum atomic E-state index is -0.890. The zero-order valence-corrected chi connectivity index (χ0v) is 16.0. The minimum Gasteiger partial charge on any atom is -0.497 e. The highest BCUT2D eigenvalue weighted by atomic mass is 79.9. The first-order valence-corrected chi connectivity index (χ1v) is 8.73. The van der Waals surface area contributed by atoms with Crippen LogP contribution in [0.2, 0.25) is 0 Å². The van der Waals surface area contributed by atoms with Crippen LogP contribution in [0, 0.1) is 0 Å². The Labute approximate surface area is 159 Å². The monoisotopic (exact) mass is 415 g/mol. The summed E-state index contributed by atoms with van der Waals surface area (Å²) in [6.07, 6.45) is -0.0916. The van der Waals surface area contributed by atoms with E-state index in [4.69, 9.17) is 9.47 Å². The fraction of sp³-hybridized carbons (Fsp3) is 0.150. The highest BCUT2D eigenvalue weighted by molar-refractivity contribution is 9.10. The number of methoxy groups -OCH3 is 2. The van der Waals surface area contributed by atoms with Gasteiger partial charge in [-0.25, -0.2) is 0 Å². The molecule has 0 spiro atoms. The van der Waals surface area contributed by atoms with Crippen molar-refractivity contribution < 1.29 is 19.4 Å². The third-order valence-corrected chi connectivity index (χ3v) is 4.59. The lowest BCUT2D eigenvalue weighted by atomic mass is 10.1. The highest BCUT2D eigenvalue weighted by Gasteiger charge is 2.17. The van der Waals surface area contributed by atoms with Gasteiger partial charge in [0.05, 0.1) is 32.0 Å². The summed E-state index contributed by atoms with van der Waals surface area (Å²) in [4.78, 5) is 11.3. The molecule has 1 N–H and O–H groups in total. The van der Waals surface area contributed by atoms with E-state index >= 15 is 0 Å². The number of rotatable bonds is 6. The summed E-state index contributed by atoms with van der Waals surface area (Å²) in [6, 6.07) is 17.1. The first-order valence-electron chi connectivity index (χ1n) is 7.94. The van der Waals surface area contributed by atoms with Gasteiger partial charge in [0.1, 0.15) is 11.5 Å². The van der Waals surface area contributed by atoms with E-state index in [-0.39, 0.29) is 6.42 Å². The molecule has 2 aromatic carbocycles. The molecule has 134 valence electrons. The molecule has 0 aliphatic carbocycles. The summed E-state index contributed by atoms with van der Waals surface area (Å²) in [5, 5.41) is 9.29. The molecule has 1 aromatic heterocycles. The van der Waals surface area contributed by atoms with Crippen molar-refractivity contribution in [1.82, 2.24) is 4.57 Å². The molecule has 0 saturated carbocycles. The number of hydrogen-bond acceptors (Lipinski definition) is 3. The number of carboxylic acid groups (broad SMARTS) is 1. The number of hydrogen-bond donors (Lipinski definition) is 1. The summed E-state index contributed by atoms with van der Waals surface area (Å²) >= 11 is 3.44. The van der Waals surface area contributed by atoms with Gasteiger partial charge in [-0.05, 0) is 42.0 Å². The molecular formula is C20H18BrNO4. The van der Waals surface area contributed by atoms with Gasteiger partial charge in [0, 0.05) is 16.2 Å². The lowest BCUT2D eigenvalue weighted by Gasteiger charge is -2.17. The van der Waals surface area contributed by atoms with Crippen LogP contribution in [0.25, 0.3) is 16.9 Å².